The molecule has 2 aromatic heterocycles. The summed E-state index contributed by atoms with van der Waals surface area (Å²) >= 11 is 0. The molecule has 0 aliphatic heterocycles. The molecular formula is C26H26N4O6. The van der Waals surface area contributed by atoms with Gasteiger partial charge in [-0.1, -0.05) is 60.7 Å². The molecule has 0 bridgehead atoms. The molecule has 1 unspecified atom stereocenters. The SMILES string of the molecule is COCCn1cnc2c1c(=O)n(CC(=O)OC(C)C(=O)c1ccccc1)c(=O)n2Cc1ccccc1. The van der Waals surface area contributed by atoms with Crippen molar-refractivity contribution in [1.29, 1.82) is 0 Å². The average Bonchev–Trinajstić information content (AvgIpc) is 3.32. The standard InChI is InChI=1S/C26H26N4O6/c1-18(23(32)20-11-7-4-8-12-20)36-21(31)16-30-25(33)22-24(27-17-28(22)13-14-35-2)29(26(30)34)15-19-9-5-3-6-10-19/h3-12,17-18H,13-16H2,1-2H3. The maximum Gasteiger partial charge on any atom is 0.333 e. The van der Waals surface area contributed by atoms with Gasteiger partial charge >= 0.3 is 11.7 Å². The quantitative estimate of drug-likeness (QED) is 0.246. The van der Waals surface area contributed by atoms with Gasteiger partial charge in [0.05, 0.1) is 19.5 Å². The van der Waals surface area contributed by atoms with Gasteiger partial charge in [-0.3, -0.25) is 19.0 Å². The Morgan fingerprint density at radius 2 is 1.64 bits per heavy atom. The van der Waals surface area contributed by atoms with Crippen molar-refractivity contribution in [3.8, 4) is 0 Å². The van der Waals surface area contributed by atoms with Crippen LogP contribution in [0, 0.1) is 0 Å². The van der Waals surface area contributed by atoms with Gasteiger partial charge in [0.1, 0.15) is 6.54 Å². The summed E-state index contributed by atoms with van der Waals surface area (Å²) in [7, 11) is 1.54. The van der Waals surface area contributed by atoms with Gasteiger partial charge in [-0.25, -0.2) is 14.3 Å². The molecule has 0 saturated heterocycles. The van der Waals surface area contributed by atoms with E-state index in [1.807, 2.05) is 30.3 Å². The Labute approximate surface area is 206 Å². The van der Waals surface area contributed by atoms with Crippen LogP contribution in [0.1, 0.15) is 22.8 Å². The van der Waals surface area contributed by atoms with E-state index in [9.17, 15) is 19.2 Å². The Hall–Kier alpha value is -4.31. The first-order chi connectivity index (χ1) is 17.4. The second-order valence-corrected chi connectivity index (χ2v) is 8.21. The molecule has 1 atom stereocenters. The first-order valence-electron chi connectivity index (χ1n) is 11.4. The molecule has 186 valence electrons. The van der Waals surface area contributed by atoms with E-state index >= 15 is 0 Å². The monoisotopic (exact) mass is 490 g/mol. The Kier molecular flexibility index (Phi) is 7.55. The number of ketones is 1. The van der Waals surface area contributed by atoms with E-state index < -0.39 is 29.9 Å². The zero-order chi connectivity index (χ0) is 25.7. The number of carbonyl (C=O) groups is 2. The molecule has 0 aliphatic rings. The van der Waals surface area contributed by atoms with Crippen molar-refractivity contribution in [2.75, 3.05) is 13.7 Å². The van der Waals surface area contributed by atoms with Gasteiger partial charge in [0, 0.05) is 19.2 Å². The number of Topliss-reactive ketones (excluding diaryl/α,β-unsaturated/α-hetero) is 1. The summed E-state index contributed by atoms with van der Waals surface area (Å²) in [6.45, 7) is 1.61. The maximum absolute atomic E-state index is 13.4. The van der Waals surface area contributed by atoms with Crippen molar-refractivity contribution in [2.45, 2.75) is 32.7 Å². The number of hydrogen-bond acceptors (Lipinski definition) is 7. The fourth-order valence-electron chi connectivity index (χ4n) is 3.90. The van der Waals surface area contributed by atoms with Gasteiger partial charge in [0.2, 0.25) is 5.78 Å². The Balaban J connectivity index is 1.69. The van der Waals surface area contributed by atoms with E-state index in [1.54, 1.807) is 34.9 Å². The molecule has 4 rings (SSSR count). The molecule has 0 saturated carbocycles. The predicted octanol–water partition coefficient (Wildman–Crippen LogP) is 1.87. The number of nitrogens with zero attached hydrogens (tertiary/aromatic N) is 4. The molecular weight excluding hydrogens is 464 g/mol. The Morgan fingerprint density at radius 3 is 2.31 bits per heavy atom. The Morgan fingerprint density at radius 1 is 0.972 bits per heavy atom. The highest BCUT2D eigenvalue weighted by molar-refractivity contribution is 6.00. The summed E-state index contributed by atoms with van der Waals surface area (Å²) < 4.78 is 14.2. The summed E-state index contributed by atoms with van der Waals surface area (Å²) in [6, 6.07) is 17.7. The van der Waals surface area contributed by atoms with E-state index in [4.69, 9.17) is 9.47 Å². The first-order valence-corrected chi connectivity index (χ1v) is 11.4. The highest BCUT2D eigenvalue weighted by Gasteiger charge is 2.23. The molecule has 2 aromatic carbocycles. The van der Waals surface area contributed by atoms with Crippen LogP contribution in [0.5, 0.6) is 0 Å². The number of carbonyl (C=O) groups excluding carboxylic acids is 2. The number of esters is 1. The van der Waals surface area contributed by atoms with Gasteiger partial charge in [-0.15, -0.1) is 0 Å². The molecule has 0 fully saturated rings. The van der Waals surface area contributed by atoms with Gasteiger partial charge in [-0.2, -0.15) is 0 Å². The number of benzene rings is 2. The van der Waals surface area contributed by atoms with Crippen LogP contribution in [0.2, 0.25) is 0 Å². The van der Waals surface area contributed by atoms with E-state index in [1.165, 1.54) is 24.9 Å². The lowest BCUT2D eigenvalue weighted by Gasteiger charge is -2.15. The molecule has 2 heterocycles. The zero-order valence-electron chi connectivity index (χ0n) is 20.0. The summed E-state index contributed by atoms with van der Waals surface area (Å²) in [5.41, 5.74) is 0.219. The Bertz CT molecular complexity index is 1490. The molecule has 0 N–H and O–H groups in total. The highest BCUT2D eigenvalue weighted by atomic mass is 16.5. The van der Waals surface area contributed by atoms with Gasteiger partial charge in [0.25, 0.3) is 5.56 Å². The number of aromatic nitrogens is 4. The minimum atomic E-state index is -1.09. The van der Waals surface area contributed by atoms with Crippen molar-refractivity contribution >= 4 is 22.9 Å². The number of fused-ring (bicyclic) bond motifs is 1. The number of rotatable bonds is 10. The van der Waals surface area contributed by atoms with Crippen LogP contribution >= 0.6 is 0 Å². The van der Waals surface area contributed by atoms with Crippen molar-refractivity contribution < 1.29 is 19.1 Å². The molecule has 0 radical (unpaired) electrons. The minimum Gasteiger partial charge on any atom is -0.453 e. The predicted molar refractivity (Wildman–Crippen MR) is 132 cm³/mol. The summed E-state index contributed by atoms with van der Waals surface area (Å²) in [6.07, 6.45) is 0.382. The second-order valence-electron chi connectivity index (χ2n) is 8.21. The summed E-state index contributed by atoms with van der Waals surface area (Å²) in [5, 5.41) is 0. The fraction of sp³-hybridized carbons (Fsp3) is 0.269. The number of imidazole rings is 1. The second kappa shape index (κ2) is 11.0. The molecule has 36 heavy (non-hydrogen) atoms. The number of hydrogen-bond donors (Lipinski definition) is 0. The van der Waals surface area contributed by atoms with Crippen LogP contribution in [-0.4, -0.2) is 50.3 Å². The van der Waals surface area contributed by atoms with Crippen LogP contribution < -0.4 is 11.2 Å². The van der Waals surface area contributed by atoms with E-state index in [0.717, 1.165) is 10.1 Å². The first kappa shape index (κ1) is 24.8. The van der Waals surface area contributed by atoms with Crippen LogP contribution in [0.4, 0.5) is 0 Å². The normalized spacial score (nSPS) is 11.9. The van der Waals surface area contributed by atoms with Crippen molar-refractivity contribution in [2.24, 2.45) is 0 Å². The zero-order valence-corrected chi connectivity index (χ0v) is 20.0. The molecule has 0 amide bonds. The molecule has 10 nitrogen and oxygen atoms in total. The van der Waals surface area contributed by atoms with Crippen LogP contribution in [0.25, 0.3) is 11.2 Å². The fourth-order valence-corrected chi connectivity index (χ4v) is 3.90. The third-order valence-corrected chi connectivity index (χ3v) is 5.73. The lowest BCUT2D eigenvalue weighted by atomic mass is 10.1. The minimum absolute atomic E-state index is 0.148. The maximum atomic E-state index is 13.4. The lowest BCUT2D eigenvalue weighted by molar-refractivity contribution is -0.147. The van der Waals surface area contributed by atoms with Crippen LogP contribution in [0.15, 0.2) is 76.6 Å². The largest absolute Gasteiger partial charge is 0.453 e. The highest BCUT2D eigenvalue weighted by Crippen LogP contribution is 2.11. The lowest BCUT2D eigenvalue weighted by Crippen LogP contribution is -2.43. The topological polar surface area (TPSA) is 114 Å². The average molecular weight is 491 g/mol. The van der Waals surface area contributed by atoms with Gasteiger partial charge in [0.15, 0.2) is 17.3 Å². The van der Waals surface area contributed by atoms with Gasteiger partial charge in [-0.05, 0) is 12.5 Å². The van der Waals surface area contributed by atoms with Crippen LogP contribution in [0.3, 0.4) is 0 Å². The third kappa shape index (κ3) is 5.18. The molecule has 0 aliphatic carbocycles. The summed E-state index contributed by atoms with van der Waals surface area (Å²) in [5.74, 6) is -1.26. The van der Waals surface area contributed by atoms with E-state index in [2.05, 4.69) is 4.98 Å². The van der Waals surface area contributed by atoms with E-state index in [0.29, 0.717) is 18.7 Å². The van der Waals surface area contributed by atoms with Crippen molar-refractivity contribution in [3.05, 3.63) is 99.0 Å². The van der Waals surface area contributed by atoms with Gasteiger partial charge < -0.3 is 14.0 Å². The third-order valence-electron chi connectivity index (χ3n) is 5.73. The van der Waals surface area contributed by atoms with Crippen molar-refractivity contribution in [3.63, 3.8) is 0 Å². The smallest absolute Gasteiger partial charge is 0.333 e. The number of ether oxygens (including phenoxy) is 2. The molecule has 0 spiro atoms. The molecule has 4 aromatic rings. The summed E-state index contributed by atoms with van der Waals surface area (Å²) in [4.78, 5) is 56.4. The molecule has 10 heteroatoms. The van der Waals surface area contributed by atoms with E-state index in [-0.39, 0.29) is 23.5 Å². The van der Waals surface area contributed by atoms with Crippen molar-refractivity contribution in [1.82, 2.24) is 18.7 Å². The van der Waals surface area contributed by atoms with Crippen LogP contribution in [-0.2, 0) is 33.9 Å². The number of methoxy groups -OCH3 is 1.